The predicted octanol–water partition coefficient (Wildman–Crippen LogP) is 2.45. The molecule has 16 heavy (non-hydrogen) atoms. The highest BCUT2D eigenvalue weighted by molar-refractivity contribution is 7.22. The van der Waals surface area contributed by atoms with Gasteiger partial charge in [-0.3, -0.25) is 0 Å². The first-order valence-corrected chi connectivity index (χ1v) is 6.43. The van der Waals surface area contributed by atoms with Gasteiger partial charge in [-0.25, -0.2) is 4.98 Å². The van der Waals surface area contributed by atoms with Crippen molar-refractivity contribution in [2.75, 3.05) is 18.4 Å². The molecule has 1 fully saturated rings. The predicted molar refractivity (Wildman–Crippen MR) is 68.8 cm³/mol. The van der Waals surface area contributed by atoms with Crippen LogP contribution in [0.5, 0.6) is 0 Å². The second kappa shape index (κ2) is 3.71. The second-order valence-electron chi connectivity index (χ2n) is 4.54. The summed E-state index contributed by atoms with van der Waals surface area (Å²) in [6.45, 7) is 1.74. The summed E-state index contributed by atoms with van der Waals surface area (Å²) in [7, 11) is 0. The van der Waals surface area contributed by atoms with Crippen molar-refractivity contribution in [3.63, 3.8) is 0 Å². The third-order valence-corrected chi connectivity index (χ3v) is 4.29. The summed E-state index contributed by atoms with van der Waals surface area (Å²) in [4.78, 5) is 4.54. The molecule has 1 saturated carbocycles. The van der Waals surface area contributed by atoms with Crippen molar-refractivity contribution in [3.8, 4) is 0 Å². The van der Waals surface area contributed by atoms with Gasteiger partial charge in [0.05, 0.1) is 10.2 Å². The van der Waals surface area contributed by atoms with E-state index in [4.69, 9.17) is 5.73 Å². The van der Waals surface area contributed by atoms with Crippen molar-refractivity contribution < 1.29 is 0 Å². The maximum atomic E-state index is 5.75. The maximum absolute atomic E-state index is 5.75. The van der Waals surface area contributed by atoms with E-state index < -0.39 is 0 Å². The van der Waals surface area contributed by atoms with E-state index in [-0.39, 0.29) is 0 Å². The molecule has 0 unspecified atom stereocenters. The highest BCUT2D eigenvalue weighted by Crippen LogP contribution is 2.44. The number of rotatable bonds is 4. The van der Waals surface area contributed by atoms with Gasteiger partial charge in [0.25, 0.3) is 0 Å². The second-order valence-corrected chi connectivity index (χ2v) is 5.58. The zero-order valence-corrected chi connectivity index (χ0v) is 9.89. The van der Waals surface area contributed by atoms with Crippen molar-refractivity contribution >= 4 is 26.7 Å². The molecule has 3 N–H and O–H groups in total. The molecule has 2 aromatic rings. The number of thiazole rings is 1. The number of para-hydroxylation sites is 1. The molecule has 0 bridgehead atoms. The number of fused-ring (bicyclic) bond motifs is 1. The molecule has 0 radical (unpaired) electrons. The first-order chi connectivity index (χ1) is 7.81. The molecule has 1 aliphatic rings. The summed E-state index contributed by atoms with van der Waals surface area (Å²) < 4.78 is 1.24. The Bertz CT molecular complexity index is 469. The minimum atomic E-state index is 0.359. The van der Waals surface area contributed by atoms with Gasteiger partial charge in [0, 0.05) is 6.54 Å². The van der Waals surface area contributed by atoms with Gasteiger partial charge in [-0.05, 0) is 36.9 Å². The van der Waals surface area contributed by atoms with Gasteiger partial charge in [0.2, 0.25) is 0 Å². The number of anilines is 1. The molecule has 4 heteroatoms. The average molecular weight is 233 g/mol. The quantitative estimate of drug-likeness (QED) is 0.853. The minimum absolute atomic E-state index is 0.359. The van der Waals surface area contributed by atoms with Crippen LogP contribution in [0.4, 0.5) is 5.13 Å². The molecule has 0 amide bonds. The first kappa shape index (κ1) is 10.1. The Morgan fingerprint density at radius 3 is 2.88 bits per heavy atom. The largest absolute Gasteiger partial charge is 0.361 e. The van der Waals surface area contributed by atoms with E-state index in [1.807, 2.05) is 18.2 Å². The van der Waals surface area contributed by atoms with E-state index in [1.165, 1.54) is 17.5 Å². The van der Waals surface area contributed by atoms with Crippen molar-refractivity contribution in [2.24, 2.45) is 11.1 Å². The van der Waals surface area contributed by atoms with Crippen LogP contribution >= 0.6 is 11.3 Å². The molecule has 3 nitrogen and oxygen atoms in total. The lowest BCUT2D eigenvalue weighted by Gasteiger charge is -2.11. The molecular formula is C12H15N3S. The van der Waals surface area contributed by atoms with Gasteiger partial charge < -0.3 is 11.1 Å². The maximum Gasteiger partial charge on any atom is 0.183 e. The fraction of sp³-hybridized carbons (Fsp3) is 0.417. The average Bonchev–Trinajstić information content (AvgIpc) is 2.98. The van der Waals surface area contributed by atoms with Crippen LogP contribution < -0.4 is 11.1 Å². The Morgan fingerprint density at radius 1 is 1.38 bits per heavy atom. The highest BCUT2D eigenvalue weighted by Gasteiger charge is 2.40. The third kappa shape index (κ3) is 1.79. The molecule has 3 rings (SSSR count). The molecular weight excluding hydrogens is 218 g/mol. The van der Waals surface area contributed by atoms with Gasteiger partial charge in [-0.1, -0.05) is 23.5 Å². The number of benzene rings is 1. The van der Waals surface area contributed by atoms with E-state index in [9.17, 15) is 0 Å². The number of hydrogen-bond donors (Lipinski definition) is 2. The Labute approximate surface area is 98.7 Å². The van der Waals surface area contributed by atoms with Crippen molar-refractivity contribution in [2.45, 2.75) is 12.8 Å². The number of nitrogens with two attached hydrogens (primary N) is 1. The Morgan fingerprint density at radius 2 is 2.19 bits per heavy atom. The third-order valence-electron chi connectivity index (χ3n) is 3.30. The Hall–Kier alpha value is -1.13. The molecule has 0 saturated heterocycles. The van der Waals surface area contributed by atoms with Gasteiger partial charge in [0.1, 0.15) is 0 Å². The van der Waals surface area contributed by atoms with Crippen molar-refractivity contribution in [3.05, 3.63) is 24.3 Å². The van der Waals surface area contributed by atoms with Crippen LogP contribution in [0.15, 0.2) is 24.3 Å². The summed E-state index contributed by atoms with van der Waals surface area (Å²) in [6.07, 6.45) is 2.50. The molecule has 1 aromatic heterocycles. The molecule has 84 valence electrons. The summed E-state index contributed by atoms with van der Waals surface area (Å²) >= 11 is 1.71. The minimum Gasteiger partial charge on any atom is -0.361 e. The van der Waals surface area contributed by atoms with E-state index >= 15 is 0 Å². The lowest BCUT2D eigenvalue weighted by atomic mass is 10.1. The number of nitrogens with zero attached hydrogens (tertiary/aromatic N) is 1. The van der Waals surface area contributed by atoms with E-state index in [0.29, 0.717) is 5.41 Å². The molecule has 0 spiro atoms. The number of aromatic nitrogens is 1. The Balaban J connectivity index is 1.74. The summed E-state index contributed by atoms with van der Waals surface area (Å²) in [6, 6.07) is 8.22. The molecule has 1 aliphatic carbocycles. The van der Waals surface area contributed by atoms with Crippen molar-refractivity contribution in [1.29, 1.82) is 0 Å². The lowest BCUT2D eigenvalue weighted by molar-refractivity contribution is 0.556. The van der Waals surface area contributed by atoms with Gasteiger partial charge in [-0.15, -0.1) is 0 Å². The van der Waals surface area contributed by atoms with Crippen LogP contribution in [-0.4, -0.2) is 18.1 Å². The monoisotopic (exact) mass is 233 g/mol. The molecule has 0 aliphatic heterocycles. The van der Waals surface area contributed by atoms with E-state index in [1.54, 1.807) is 11.3 Å². The van der Waals surface area contributed by atoms with Gasteiger partial charge in [0.15, 0.2) is 5.13 Å². The number of hydrogen-bond acceptors (Lipinski definition) is 4. The van der Waals surface area contributed by atoms with Crippen LogP contribution in [0.2, 0.25) is 0 Å². The summed E-state index contributed by atoms with van der Waals surface area (Å²) in [5.74, 6) is 0. The van der Waals surface area contributed by atoms with Crippen LogP contribution in [-0.2, 0) is 0 Å². The van der Waals surface area contributed by atoms with Crippen molar-refractivity contribution in [1.82, 2.24) is 4.98 Å². The fourth-order valence-corrected chi connectivity index (χ4v) is 2.70. The van der Waals surface area contributed by atoms with Gasteiger partial charge >= 0.3 is 0 Å². The Kier molecular flexibility index (Phi) is 2.33. The zero-order valence-electron chi connectivity index (χ0n) is 9.07. The standard InChI is InChI=1S/C12H15N3S/c13-7-12(5-6-12)8-14-11-15-9-3-1-2-4-10(9)16-11/h1-4H,5-8,13H2,(H,14,15). The van der Waals surface area contributed by atoms with E-state index in [2.05, 4.69) is 16.4 Å². The highest BCUT2D eigenvalue weighted by atomic mass is 32.1. The first-order valence-electron chi connectivity index (χ1n) is 5.61. The van der Waals surface area contributed by atoms with Crippen LogP contribution in [0.3, 0.4) is 0 Å². The fourth-order valence-electron chi connectivity index (χ4n) is 1.84. The topological polar surface area (TPSA) is 50.9 Å². The SMILES string of the molecule is NCC1(CNc2nc3ccccc3s2)CC1. The van der Waals surface area contributed by atoms with Gasteiger partial charge in [-0.2, -0.15) is 0 Å². The summed E-state index contributed by atoms with van der Waals surface area (Å²) in [5, 5.41) is 4.43. The van der Waals surface area contributed by atoms with Crippen LogP contribution in [0.1, 0.15) is 12.8 Å². The van der Waals surface area contributed by atoms with E-state index in [0.717, 1.165) is 23.7 Å². The smallest absolute Gasteiger partial charge is 0.183 e. The lowest BCUT2D eigenvalue weighted by Crippen LogP contribution is -2.24. The molecule has 1 heterocycles. The van der Waals surface area contributed by atoms with Crippen LogP contribution in [0, 0.1) is 5.41 Å². The van der Waals surface area contributed by atoms with Crippen LogP contribution in [0.25, 0.3) is 10.2 Å². The summed E-state index contributed by atoms with van der Waals surface area (Å²) in [5.41, 5.74) is 7.19. The zero-order chi connectivity index (χ0) is 11.0. The number of nitrogens with one attached hydrogen (secondary N) is 1. The normalized spacial score (nSPS) is 17.6. The molecule has 0 atom stereocenters. The molecule has 1 aromatic carbocycles.